The molecule has 214 valence electrons. The van der Waals surface area contributed by atoms with E-state index < -0.39 is 49.7 Å². The van der Waals surface area contributed by atoms with Crippen molar-refractivity contribution in [1.29, 1.82) is 0 Å². The van der Waals surface area contributed by atoms with E-state index >= 15 is 0 Å². The molecule has 0 unspecified atom stereocenters. The van der Waals surface area contributed by atoms with E-state index in [-0.39, 0.29) is 21.9 Å². The summed E-state index contributed by atoms with van der Waals surface area (Å²) in [5.41, 5.74) is 1.04. The summed E-state index contributed by atoms with van der Waals surface area (Å²) in [7, 11) is -8.24. The van der Waals surface area contributed by atoms with Gasteiger partial charge in [-0.15, -0.1) is 0 Å². The van der Waals surface area contributed by atoms with Crippen molar-refractivity contribution in [2.24, 2.45) is 5.41 Å². The summed E-state index contributed by atoms with van der Waals surface area (Å²) in [6, 6.07) is 16.5. The number of nitrogens with zero attached hydrogens (tertiary/aromatic N) is 3. The third-order valence-electron chi connectivity index (χ3n) is 6.22. The predicted molar refractivity (Wildman–Crippen MR) is 151 cm³/mol. The Hall–Kier alpha value is -4.23. The molecule has 13 heteroatoms. The van der Waals surface area contributed by atoms with E-state index in [1.54, 1.807) is 57.2 Å². The molecular weight excluding hydrogens is 573 g/mol. The number of halogens is 1. The van der Waals surface area contributed by atoms with Gasteiger partial charge in [-0.3, -0.25) is 0 Å². The fourth-order valence-corrected chi connectivity index (χ4v) is 7.73. The maximum absolute atomic E-state index is 14.2. The fourth-order valence-electron chi connectivity index (χ4n) is 4.55. The molecule has 0 saturated carbocycles. The minimum atomic E-state index is -4.18. The standard InChI is InChI=1S/C28H26FN3O7S2/c1-28(2,3)17-40(35,36)32(27(33)34)16-26-30-23-13-18(9-12-25(23)39-26)22-15-31(24-14-19(29)10-11-21(22)24)41(37,38)20-7-5-4-6-8-20/h4-15H,16-17H2,1-3H3,(H,33,34). The van der Waals surface area contributed by atoms with Crippen LogP contribution in [-0.2, 0) is 26.6 Å². The average Bonchev–Trinajstić information content (AvgIpc) is 3.46. The maximum Gasteiger partial charge on any atom is 0.421 e. The number of oxazole rings is 1. The van der Waals surface area contributed by atoms with Crippen molar-refractivity contribution in [1.82, 2.24) is 13.3 Å². The molecule has 0 aliphatic rings. The molecule has 3 aromatic carbocycles. The fraction of sp³-hybridized carbons (Fsp3) is 0.214. The lowest BCUT2D eigenvalue weighted by Gasteiger charge is -2.23. The van der Waals surface area contributed by atoms with E-state index in [1.807, 2.05) is 0 Å². The lowest BCUT2D eigenvalue weighted by Crippen LogP contribution is -2.40. The molecule has 0 fully saturated rings. The molecular formula is C28H26FN3O7S2. The largest absolute Gasteiger partial charge is 0.464 e. The molecule has 0 aliphatic heterocycles. The van der Waals surface area contributed by atoms with Crippen LogP contribution < -0.4 is 0 Å². The molecule has 41 heavy (non-hydrogen) atoms. The first kappa shape index (κ1) is 28.3. The number of carboxylic acid groups (broad SMARTS) is 1. The van der Waals surface area contributed by atoms with Gasteiger partial charge in [0.15, 0.2) is 5.58 Å². The van der Waals surface area contributed by atoms with Gasteiger partial charge in [0.1, 0.15) is 17.9 Å². The molecule has 1 N–H and O–H groups in total. The van der Waals surface area contributed by atoms with Gasteiger partial charge in [-0.25, -0.2) is 35.0 Å². The van der Waals surface area contributed by atoms with Gasteiger partial charge >= 0.3 is 6.09 Å². The molecule has 0 atom stereocenters. The van der Waals surface area contributed by atoms with Gasteiger partial charge < -0.3 is 9.52 Å². The summed E-state index contributed by atoms with van der Waals surface area (Å²) in [5, 5.41) is 10.1. The van der Waals surface area contributed by atoms with E-state index in [1.165, 1.54) is 30.5 Å². The Morgan fingerprint density at radius 2 is 1.73 bits per heavy atom. The van der Waals surface area contributed by atoms with Gasteiger partial charge in [-0.05, 0) is 53.4 Å². The zero-order chi connectivity index (χ0) is 29.7. The summed E-state index contributed by atoms with van der Waals surface area (Å²) < 4.78 is 73.7. The summed E-state index contributed by atoms with van der Waals surface area (Å²) in [5.74, 6) is -1.13. The number of carbonyl (C=O) groups is 1. The highest BCUT2D eigenvalue weighted by atomic mass is 32.2. The Kier molecular flexibility index (Phi) is 6.90. The van der Waals surface area contributed by atoms with Gasteiger partial charge in [0.25, 0.3) is 10.0 Å². The van der Waals surface area contributed by atoms with Crippen LogP contribution in [0.4, 0.5) is 9.18 Å². The van der Waals surface area contributed by atoms with E-state index in [0.29, 0.717) is 26.3 Å². The topological polar surface area (TPSA) is 140 Å². The first-order chi connectivity index (χ1) is 19.2. The molecule has 2 aromatic heterocycles. The third kappa shape index (κ3) is 5.55. The van der Waals surface area contributed by atoms with E-state index in [2.05, 4.69) is 4.98 Å². The number of aromatic nitrogens is 2. The van der Waals surface area contributed by atoms with Crippen molar-refractivity contribution >= 4 is 48.1 Å². The van der Waals surface area contributed by atoms with Gasteiger partial charge in [-0.2, -0.15) is 4.31 Å². The van der Waals surface area contributed by atoms with Crippen LogP contribution in [0, 0.1) is 11.2 Å². The zero-order valence-corrected chi connectivity index (χ0v) is 23.9. The maximum atomic E-state index is 14.2. The summed E-state index contributed by atoms with van der Waals surface area (Å²) in [6.45, 7) is 4.43. The molecule has 10 nitrogen and oxygen atoms in total. The van der Waals surface area contributed by atoms with E-state index in [9.17, 15) is 31.1 Å². The monoisotopic (exact) mass is 599 g/mol. The SMILES string of the molecule is CC(C)(C)CS(=O)(=O)N(Cc1nc2cc(-c3cn(S(=O)(=O)c4ccccc4)c4cc(F)ccc34)ccc2o1)C(=O)O. The smallest absolute Gasteiger partial charge is 0.421 e. The Morgan fingerprint density at radius 3 is 2.39 bits per heavy atom. The van der Waals surface area contributed by atoms with Crippen molar-refractivity contribution in [3.63, 3.8) is 0 Å². The van der Waals surface area contributed by atoms with Crippen LogP contribution in [0.1, 0.15) is 26.7 Å². The molecule has 5 aromatic rings. The number of fused-ring (bicyclic) bond motifs is 2. The van der Waals surface area contributed by atoms with Crippen LogP contribution in [0.15, 0.2) is 82.2 Å². The highest BCUT2D eigenvalue weighted by Gasteiger charge is 2.33. The van der Waals surface area contributed by atoms with Gasteiger partial charge in [0.05, 0.1) is 16.2 Å². The molecule has 0 aliphatic carbocycles. The van der Waals surface area contributed by atoms with Crippen molar-refractivity contribution in [3.05, 3.63) is 84.6 Å². The second-order valence-electron chi connectivity index (χ2n) is 10.7. The molecule has 0 bridgehead atoms. The number of sulfonamides is 1. The minimum Gasteiger partial charge on any atom is -0.464 e. The van der Waals surface area contributed by atoms with Crippen LogP contribution in [-0.4, -0.2) is 47.0 Å². The highest BCUT2D eigenvalue weighted by molar-refractivity contribution is 7.90. The summed E-state index contributed by atoms with van der Waals surface area (Å²) in [6.07, 6.45) is -0.253. The predicted octanol–water partition coefficient (Wildman–Crippen LogP) is 5.68. The Labute approximate surface area is 235 Å². The van der Waals surface area contributed by atoms with Crippen LogP contribution in [0.25, 0.3) is 33.1 Å². The number of rotatable bonds is 7. The summed E-state index contributed by atoms with van der Waals surface area (Å²) in [4.78, 5) is 16.2. The quantitative estimate of drug-likeness (QED) is 0.252. The zero-order valence-electron chi connectivity index (χ0n) is 22.3. The van der Waals surface area contributed by atoms with Crippen LogP contribution >= 0.6 is 0 Å². The van der Waals surface area contributed by atoms with Crippen LogP contribution in [0.5, 0.6) is 0 Å². The van der Waals surface area contributed by atoms with Gasteiger partial charge in [0.2, 0.25) is 15.9 Å². The molecule has 0 radical (unpaired) electrons. The molecule has 0 spiro atoms. The lowest BCUT2D eigenvalue weighted by molar-refractivity contribution is 0.167. The number of amides is 1. The average molecular weight is 600 g/mol. The Bertz CT molecular complexity index is 2010. The Morgan fingerprint density at radius 1 is 1.02 bits per heavy atom. The molecule has 2 heterocycles. The number of hydrogen-bond acceptors (Lipinski definition) is 7. The third-order valence-corrected chi connectivity index (χ3v) is 10.1. The number of benzene rings is 3. The van der Waals surface area contributed by atoms with E-state index in [4.69, 9.17) is 4.42 Å². The lowest BCUT2D eigenvalue weighted by atomic mass is 10.0. The normalized spacial score (nSPS) is 12.7. The van der Waals surface area contributed by atoms with Crippen molar-refractivity contribution < 1.29 is 35.5 Å². The minimum absolute atomic E-state index is 0.0358. The van der Waals surface area contributed by atoms with Crippen LogP contribution in [0.3, 0.4) is 0 Å². The van der Waals surface area contributed by atoms with Gasteiger partial charge in [-0.1, -0.05) is 45.0 Å². The van der Waals surface area contributed by atoms with Crippen molar-refractivity contribution in [3.8, 4) is 11.1 Å². The van der Waals surface area contributed by atoms with Crippen LogP contribution in [0.2, 0.25) is 0 Å². The van der Waals surface area contributed by atoms with E-state index in [0.717, 1.165) is 10.0 Å². The van der Waals surface area contributed by atoms with Gasteiger partial charge in [0, 0.05) is 17.1 Å². The Balaban J connectivity index is 1.57. The second-order valence-corrected chi connectivity index (χ2v) is 14.4. The summed E-state index contributed by atoms with van der Waals surface area (Å²) >= 11 is 0. The second kappa shape index (κ2) is 10.00. The molecule has 0 saturated heterocycles. The number of hydrogen-bond donors (Lipinski definition) is 1. The van der Waals surface area contributed by atoms with Crippen molar-refractivity contribution in [2.45, 2.75) is 32.2 Å². The molecule has 5 rings (SSSR count). The highest BCUT2D eigenvalue weighted by Crippen LogP contribution is 2.35. The van der Waals surface area contributed by atoms with Crippen molar-refractivity contribution in [2.75, 3.05) is 5.75 Å². The first-order valence-electron chi connectivity index (χ1n) is 12.4. The molecule has 1 amide bonds. The first-order valence-corrected chi connectivity index (χ1v) is 15.5.